The Morgan fingerprint density at radius 1 is 1.50 bits per heavy atom. The molecule has 0 amide bonds. The highest BCUT2D eigenvalue weighted by Crippen LogP contribution is 2.21. The number of sulfonamides is 1. The lowest BCUT2D eigenvalue weighted by atomic mass is 10.3. The molecule has 0 unspecified atom stereocenters. The van der Waals surface area contributed by atoms with Crippen LogP contribution in [-0.2, 0) is 10.0 Å². The molecule has 1 rings (SSSR count). The Balaban J connectivity index is 3.36. The highest BCUT2D eigenvalue weighted by molar-refractivity contribution is 7.89. The third-order valence-corrected chi connectivity index (χ3v) is 3.90. The van der Waals surface area contributed by atoms with Crippen LogP contribution < -0.4 is 4.74 Å². The van der Waals surface area contributed by atoms with Crippen LogP contribution in [0.2, 0.25) is 0 Å². The van der Waals surface area contributed by atoms with E-state index in [0.717, 1.165) is 16.6 Å². The number of carbonyl (C=O) groups is 1. The average Bonchev–Trinajstić information content (AvgIpc) is 2.29. The van der Waals surface area contributed by atoms with E-state index in [-0.39, 0.29) is 22.9 Å². The number of hydrogen-bond donors (Lipinski definition) is 1. The molecule has 1 N–H and O–H groups in total. The number of aromatic carboxylic acids is 1. The Bertz CT molecular complexity index is 553. The second-order valence-corrected chi connectivity index (χ2v) is 5.70. The average molecular weight is 274 g/mol. The van der Waals surface area contributed by atoms with Crippen molar-refractivity contribution in [1.29, 1.82) is 0 Å². The van der Waals surface area contributed by atoms with E-state index in [1.165, 1.54) is 14.1 Å². The van der Waals surface area contributed by atoms with E-state index in [1.54, 1.807) is 6.92 Å². The lowest BCUT2D eigenvalue weighted by Crippen LogP contribution is -2.23. The number of hydrogen-bond acceptors (Lipinski definition) is 5. The Kier molecular flexibility index (Phi) is 4.25. The fraction of sp³-hybridized carbons (Fsp3) is 0.400. The van der Waals surface area contributed by atoms with Crippen molar-refractivity contribution >= 4 is 16.0 Å². The molecule has 1 aromatic rings. The maximum Gasteiger partial charge on any atom is 0.341 e. The number of pyridine rings is 1. The lowest BCUT2D eigenvalue weighted by molar-refractivity contribution is 0.0691. The first-order valence-electron chi connectivity index (χ1n) is 5.09. The van der Waals surface area contributed by atoms with Gasteiger partial charge in [-0.05, 0) is 13.0 Å². The molecule has 0 spiro atoms. The third-order valence-electron chi connectivity index (χ3n) is 2.12. The van der Waals surface area contributed by atoms with Crippen LogP contribution >= 0.6 is 0 Å². The molecule has 0 saturated carbocycles. The van der Waals surface area contributed by atoms with Gasteiger partial charge in [0.2, 0.25) is 15.9 Å². The molecule has 0 aliphatic heterocycles. The highest BCUT2D eigenvalue weighted by Gasteiger charge is 2.22. The number of carboxylic acids is 1. The summed E-state index contributed by atoms with van der Waals surface area (Å²) >= 11 is 0. The van der Waals surface area contributed by atoms with Crippen molar-refractivity contribution in [2.24, 2.45) is 0 Å². The van der Waals surface area contributed by atoms with Gasteiger partial charge in [-0.1, -0.05) is 0 Å². The van der Waals surface area contributed by atoms with E-state index in [4.69, 9.17) is 9.84 Å². The maximum absolute atomic E-state index is 11.8. The van der Waals surface area contributed by atoms with Crippen LogP contribution in [0.5, 0.6) is 5.88 Å². The zero-order valence-electron chi connectivity index (χ0n) is 10.2. The van der Waals surface area contributed by atoms with Gasteiger partial charge in [-0.2, -0.15) is 0 Å². The monoisotopic (exact) mass is 274 g/mol. The summed E-state index contributed by atoms with van der Waals surface area (Å²) in [7, 11) is -1.01. The van der Waals surface area contributed by atoms with E-state index in [2.05, 4.69) is 4.98 Å². The molecular formula is C10H14N2O5S. The smallest absolute Gasteiger partial charge is 0.341 e. The molecule has 0 saturated heterocycles. The first-order valence-corrected chi connectivity index (χ1v) is 6.53. The van der Waals surface area contributed by atoms with Crippen molar-refractivity contribution < 1.29 is 23.1 Å². The van der Waals surface area contributed by atoms with Crippen LogP contribution in [0.4, 0.5) is 0 Å². The minimum Gasteiger partial charge on any atom is -0.477 e. The van der Waals surface area contributed by atoms with Crippen molar-refractivity contribution in [3.63, 3.8) is 0 Å². The van der Waals surface area contributed by atoms with Gasteiger partial charge < -0.3 is 9.84 Å². The van der Waals surface area contributed by atoms with E-state index >= 15 is 0 Å². The molecule has 0 atom stereocenters. The Morgan fingerprint density at radius 2 is 2.11 bits per heavy atom. The maximum atomic E-state index is 11.8. The van der Waals surface area contributed by atoms with Gasteiger partial charge in [0.1, 0.15) is 10.5 Å². The standard InChI is InChI=1S/C10H14N2O5S/c1-4-17-9-8(10(13)14)5-7(6-11-9)18(15,16)12(2)3/h5-6H,4H2,1-3H3,(H,13,14). The van der Waals surface area contributed by atoms with Gasteiger partial charge >= 0.3 is 5.97 Å². The van der Waals surface area contributed by atoms with Gasteiger partial charge in [0.05, 0.1) is 12.8 Å². The predicted molar refractivity (Wildman–Crippen MR) is 63.2 cm³/mol. The topological polar surface area (TPSA) is 96.8 Å². The Labute approximate surface area is 105 Å². The van der Waals surface area contributed by atoms with Crippen LogP contribution in [0.1, 0.15) is 17.3 Å². The number of nitrogens with zero attached hydrogens (tertiary/aromatic N) is 2. The molecule has 100 valence electrons. The zero-order chi connectivity index (χ0) is 13.9. The lowest BCUT2D eigenvalue weighted by Gasteiger charge is -2.12. The number of carboxylic acid groups (broad SMARTS) is 1. The fourth-order valence-corrected chi connectivity index (χ4v) is 2.06. The van der Waals surface area contributed by atoms with Crippen molar-refractivity contribution in [1.82, 2.24) is 9.29 Å². The number of ether oxygens (including phenoxy) is 1. The molecule has 1 heterocycles. The molecule has 7 nitrogen and oxygen atoms in total. The van der Waals surface area contributed by atoms with Crippen LogP contribution in [0.15, 0.2) is 17.2 Å². The first-order chi connectivity index (χ1) is 8.30. The summed E-state index contributed by atoms with van der Waals surface area (Å²) in [5.41, 5.74) is -0.278. The molecule has 0 bridgehead atoms. The number of rotatable bonds is 5. The minimum absolute atomic E-state index is 0.0947. The van der Waals surface area contributed by atoms with Crippen molar-refractivity contribution in [3.8, 4) is 5.88 Å². The summed E-state index contributed by atoms with van der Waals surface area (Å²) in [5, 5.41) is 8.99. The number of aromatic nitrogens is 1. The van der Waals surface area contributed by atoms with Gasteiger partial charge in [-0.15, -0.1) is 0 Å². The summed E-state index contributed by atoms with van der Waals surface area (Å²) in [5.74, 6) is -1.38. The van der Waals surface area contributed by atoms with Crippen LogP contribution in [-0.4, -0.2) is 49.5 Å². The SMILES string of the molecule is CCOc1ncc(S(=O)(=O)N(C)C)cc1C(=O)O. The van der Waals surface area contributed by atoms with Gasteiger partial charge in [0.15, 0.2) is 0 Å². The second-order valence-electron chi connectivity index (χ2n) is 3.55. The molecule has 0 aromatic carbocycles. The van der Waals surface area contributed by atoms with Crippen LogP contribution in [0.3, 0.4) is 0 Å². The van der Waals surface area contributed by atoms with Crippen LogP contribution in [0, 0.1) is 0 Å². The van der Waals surface area contributed by atoms with Crippen molar-refractivity contribution in [2.75, 3.05) is 20.7 Å². The van der Waals surface area contributed by atoms with E-state index < -0.39 is 16.0 Å². The van der Waals surface area contributed by atoms with Gasteiger partial charge in [-0.3, -0.25) is 0 Å². The van der Waals surface area contributed by atoms with Crippen molar-refractivity contribution in [2.45, 2.75) is 11.8 Å². The van der Waals surface area contributed by atoms with E-state index in [1.807, 2.05) is 0 Å². The fourth-order valence-electron chi connectivity index (χ4n) is 1.19. The van der Waals surface area contributed by atoms with E-state index in [0.29, 0.717) is 0 Å². The van der Waals surface area contributed by atoms with Gasteiger partial charge in [-0.25, -0.2) is 22.5 Å². The summed E-state index contributed by atoms with van der Waals surface area (Å²) < 4.78 is 29.7. The molecule has 0 radical (unpaired) electrons. The van der Waals surface area contributed by atoms with Crippen molar-refractivity contribution in [3.05, 3.63) is 17.8 Å². The molecule has 0 aliphatic rings. The summed E-state index contributed by atoms with van der Waals surface area (Å²) in [6, 6.07) is 1.04. The largest absolute Gasteiger partial charge is 0.477 e. The molecule has 18 heavy (non-hydrogen) atoms. The molecule has 0 fully saturated rings. The van der Waals surface area contributed by atoms with Gasteiger partial charge in [0, 0.05) is 14.1 Å². The third kappa shape index (κ3) is 2.77. The van der Waals surface area contributed by atoms with E-state index in [9.17, 15) is 13.2 Å². The first kappa shape index (κ1) is 14.4. The minimum atomic E-state index is -3.71. The molecule has 0 aliphatic carbocycles. The van der Waals surface area contributed by atoms with Gasteiger partial charge in [0.25, 0.3) is 0 Å². The second kappa shape index (κ2) is 5.32. The summed E-state index contributed by atoms with van der Waals surface area (Å²) in [4.78, 5) is 14.6. The quantitative estimate of drug-likeness (QED) is 0.836. The molecule has 1 aromatic heterocycles. The normalized spacial score (nSPS) is 11.6. The Hall–Kier alpha value is -1.67. The highest BCUT2D eigenvalue weighted by atomic mass is 32.2. The summed E-state index contributed by atoms with van der Waals surface area (Å²) in [6.45, 7) is 1.92. The Morgan fingerprint density at radius 3 is 2.56 bits per heavy atom. The zero-order valence-corrected chi connectivity index (χ0v) is 11.1. The molecule has 8 heteroatoms. The predicted octanol–water partition coefficient (Wildman–Crippen LogP) is 0.429. The van der Waals surface area contributed by atoms with Crippen LogP contribution in [0.25, 0.3) is 0 Å². The molecular weight excluding hydrogens is 260 g/mol. The summed E-state index contributed by atoms with van der Waals surface area (Å²) in [6.07, 6.45) is 1.08.